The molecule has 1 aliphatic carbocycles. The number of nitrogens with one attached hydrogen (secondary N) is 2. The molecule has 5 heteroatoms. The number of carbonyl (C=O) groups is 1. The van der Waals surface area contributed by atoms with Gasteiger partial charge in [0.15, 0.2) is 0 Å². The van der Waals surface area contributed by atoms with Crippen LogP contribution in [-0.4, -0.2) is 27.9 Å². The molecule has 19 heavy (non-hydrogen) atoms. The Hall–Kier alpha value is -2.17. The number of amides is 1. The van der Waals surface area contributed by atoms with Crippen molar-refractivity contribution in [2.75, 3.05) is 6.54 Å². The highest BCUT2D eigenvalue weighted by Crippen LogP contribution is 2.17. The number of carbonyl (C=O) groups excluding carboxylic acids is 1. The second-order valence-electron chi connectivity index (χ2n) is 4.89. The monoisotopic (exact) mass is 256 g/mol. The first kappa shape index (κ1) is 11.9. The number of H-pyrrole nitrogens is 1. The van der Waals surface area contributed by atoms with Crippen molar-refractivity contribution in [1.29, 1.82) is 0 Å². The molecular weight excluding hydrogens is 240 g/mol. The number of rotatable bonds is 3. The highest BCUT2D eigenvalue weighted by atomic mass is 16.1. The zero-order chi connectivity index (χ0) is 13.1. The summed E-state index contributed by atoms with van der Waals surface area (Å²) in [7, 11) is 0. The summed E-state index contributed by atoms with van der Waals surface area (Å²) in [4.78, 5) is 12.1. The quantitative estimate of drug-likeness (QED) is 0.826. The highest BCUT2D eigenvalue weighted by molar-refractivity contribution is 5.97. The second kappa shape index (κ2) is 5.22. The van der Waals surface area contributed by atoms with Crippen molar-refractivity contribution in [2.45, 2.75) is 19.3 Å². The third kappa shape index (κ3) is 2.65. The number of nitrogens with zero attached hydrogens (tertiary/aromatic N) is 2. The fourth-order valence-electron chi connectivity index (χ4n) is 2.36. The van der Waals surface area contributed by atoms with Crippen molar-refractivity contribution in [2.24, 2.45) is 5.92 Å². The third-order valence-electron chi connectivity index (χ3n) is 3.51. The molecular formula is C14H16N4O. The molecule has 0 saturated heterocycles. The Morgan fingerprint density at radius 1 is 1.32 bits per heavy atom. The van der Waals surface area contributed by atoms with Crippen molar-refractivity contribution < 1.29 is 4.79 Å². The van der Waals surface area contributed by atoms with Crippen LogP contribution in [0.25, 0.3) is 11.0 Å². The van der Waals surface area contributed by atoms with Crippen LogP contribution in [0.1, 0.15) is 29.6 Å². The van der Waals surface area contributed by atoms with E-state index in [2.05, 4.69) is 32.9 Å². The average Bonchev–Trinajstić information content (AvgIpc) is 2.93. The minimum atomic E-state index is -0.0422. The van der Waals surface area contributed by atoms with Gasteiger partial charge >= 0.3 is 0 Å². The molecule has 1 unspecified atom stereocenters. The Morgan fingerprint density at radius 2 is 2.21 bits per heavy atom. The van der Waals surface area contributed by atoms with Crippen LogP contribution >= 0.6 is 0 Å². The first-order valence-corrected chi connectivity index (χ1v) is 6.56. The minimum Gasteiger partial charge on any atom is -0.352 e. The lowest BCUT2D eigenvalue weighted by Gasteiger charge is -2.18. The number of aromatic nitrogens is 3. The van der Waals surface area contributed by atoms with Crippen LogP contribution in [0.4, 0.5) is 0 Å². The topological polar surface area (TPSA) is 70.7 Å². The molecule has 1 heterocycles. The summed E-state index contributed by atoms with van der Waals surface area (Å²) in [6, 6.07) is 5.34. The predicted molar refractivity (Wildman–Crippen MR) is 72.7 cm³/mol. The maximum atomic E-state index is 12.1. The maximum Gasteiger partial charge on any atom is 0.251 e. The summed E-state index contributed by atoms with van der Waals surface area (Å²) < 4.78 is 0. The molecule has 2 N–H and O–H groups in total. The molecule has 1 atom stereocenters. The van der Waals surface area contributed by atoms with Gasteiger partial charge in [-0.15, -0.1) is 0 Å². The van der Waals surface area contributed by atoms with Gasteiger partial charge < -0.3 is 5.32 Å². The van der Waals surface area contributed by atoms with Crippen LogP contribution in [-0.2, 0) is 0 Å². The Bertz CT molecular complexity index is 617. The molecule has 98 valence electrons. The van der Waals surface area contributed by atoms with Crippen LogP contribution in [0.2, 0.25) is 0 Å². The zero-order valence-corrected chi connectivity index (χ0v) is 10.6. The molecule has 0 spiro atoms. The van der Waals surface area contributed by atoms with E-state index in [4.69, 9.17) is 0 Å². The third-order valence-corrected chi connectivity index (χ3v) is 3.51. The van der Waals surface area contributed by atoms with Crippen molar-refractivity contribution in [3.63, 3.8) is 0 Å². The van der Waals surface area contributed by atoms with Gasteiger partial charge in [0.2, 0.25) is 0 Å². The van der Waals surface area contributed by atoms with Crippen molar-refractivity contribution in [1.82, 2.24) is 20.7 Å². The summed E-state index contributed by atoms with van der Waals surface area (Å²) >= 11 is 0. The van der Waals surface area contributed by atoms with Gasteiger partial charge in [-0.2, -0.15) is 15.4 Å². The number of hydrogen-bond acceptors (Lipinski definition) is 3. The van der Waals surface area contributed by atoms with E-state index in [1.54, 1.807) is 18.2 Å². The molecule has 0 aliphatic heterocycles. The Kier molecular flexibility index (Phi) is 3.27. The number of aromatic amines is 1. The van der Waals surface area contributed by atoms with Crippen LogP contribution in [0.15, 0.2) is 30.4 Å². The lowest BCUT2D eigenvalue weighted by molar-refractivity contribution is 0.0946. The molecule has 1 aromatic carbocycles. The Morgan fingerprint density at radius 3 is 3.05 bits per heavy atom. The fraction of sp³-hybridized carbons (Fsp3) is 0.357. The SMILES string of the molecule is O=C(NCC1CC=CCC1)c1ccc2n[nH]nc2c1. The number of hydrogen-bond donors (Lipinski definition) is 2. The van der Waals surface area contributed by atoms with E-state index in [0.717, 1.165) is 31.3 Å². The molecule has 0 bridgehead atoms. The predicted octanol–water partition coefficient (Wildman–Crippen LogP) is 2.04. The summed E-state index contributed by atoms with van der Waals surface area (Å²) in [5, 5.41) is 13.5. The Labute approximate surface area is 111 Å². The average molecular weight is 256 g/mol. The summed E-state index contributed by atoms with van der Waals surface area (Å²) in [6.07, 6.45) is 7.73. The van der Waals surface area contributed by atoms with Crippen LogP contribution in [0.5, 0.6) is 0 Å². The summed E-state index contributed by atoms with van der Waals surface area (Å²) in [6.45, 7) is 0.736. The number of allylic oxidation sites excluding steroid dienone is 2. The number of benzene rings is 1. The zero-order valence-electron chi connectivity index (χ0n) is 10.6. The lowest BCUT2D eigenvalue weighted by atomic mass is 9.94. The smallest absolute Gasteiger partial charge is 0.251 e. The van der Waals surface area contributed by atoms with Gasteiger partial charge in [-0.25, -0.2) is 0 Å². The standard InChI is InChI=1S/C14H16N4O/c19-14(15-9-10-4-2-1-3-5-10)11-6-7-12-13(8-11)17-18-16-12/h1-2,6-8,10H,3-5,9H2,(H,15,19)(H,16,17,18). The lowest BCUT2D eigenvalue weighted by Crippen LogP contribution is -2.29. The van der Waals surface area contributed by atoms with Gasteiger partial charge in [-0.1, -0.05) is 12.2 Å². The molecule has 0 saturated carbocycles. The van der Waals surface area contributed by atoms with Crippen molar-refractivity contribution in [3.05, 3.63) is 35.9 Å². The first-order chi connectivity index (χ1) is 9.33. The van der Waals surface area contributed by atoms with Gasteiger partial charge in [-0.05, 0) is 43.4 Å². The van der Waals surface area contributed by atoms with Gasteiger partial charge in [0.1, 0.15) is 11.0 Å². The molecule has 0 radical (unpaired) electrons. The van der Waals surface area contributed by atoms with E-state index >= 15 is 0 Å². The molecule has 1 amide bonds. The molecule has 3 rings (SSSR count). The Balaban J connectivity index is 1.64. The van der Waals surface area contributed by atoms with Gasteiger partial charge in [0, 0.05) is 12.1 Å². The van der Waals surface area contributed by atoms with E-state index in [1.807, 2.05) is 0 Å². The van der Waals surface area contributed by atoms with Crippen LogP contribution in [0.3, 0.4) is 0 Å². The molecule has 0 fully saturated rings. The van der Waals surface area contributed by atoms with Crippen molar-refractivity contribution in [3.8, 4) is 0 Å². The van der Waals surface area contributed by atoms with Gasteiger partial charge in [-0.3, -0.25) is 4.79 Å². The molecule has 2 aromatic rings. The molecule has 1 aliphatic rings. The van der Waals surface area contributed by atoms with E-state index < -0.39 is 0 Å². The van der Waals surface area contributed by atoms with E-state index in [1.165, 1.54) is 0 Å². The maximum absolute atomic E-state index is 12.1. The van der Waals surface area contributed by atoms with Gasteiger partial charge in [0.05, 0.1) is 0 Å². The largest absolute Gasteiger partial charge is 0.352 e. The van der Waals surface area contributed by atoms with E-state index in [0.29, 0.717) is 17.0 Å². The first-order valence-electron chi connectivity index (χ1n) is 6.56. The summed E-state index contributed by atoms with van der Waals surface area (Å²) in [5.41, 5.74) is 2.12. The normalized spacial score (nSPS) is 18.6. The molecule has 1 aromatic heterocycles. The summed E-state index contributed by atoms with van der Waals surface area (Å²) in [5.74, 6) is 0.518. The van der Waals surface area contributed by atoms with Gasteiger partial charge in [0.25, 0.3) is 5.91 Å². The van der Waals surface area contributed by atoms with E-state index in [9.17, 15) is 4.79 Å². The highest BCUT2D eigenvalue weighted by Gasteiger charge is 2.13. The second-order valence-corrected chi connectivity index (χ2v) is 4.89. The minimum absolute atomic E-state index is 0.0422. The molecule has 5 nitrogen and oxygen atoms in total. The fourth-order valence-corrected chi connectivity index (χ4v) is 2.36. The van der Waals surface area contributed by atoms with Crippen LogP contribution < -0.4 is 5.32 Å². The number of fused-ring (bicyclic) bond motifs is 1. The van der Waals surface area contributed by atoms with E-state index in [-0.39, 0.29) is 5.91 Å². The van der Waals surface area contributed by atoms with Crippen LogP contribution in [0, 0.1) is 5.92 Å². The van der Waals surface area contributed by atoms with Crippen molar-refractivity contribution >= 4 is 16.9 Å².